The third-order valence-electron chi connectivity index (χ3n) is 4.72. The highest BCUT2D eigenvalue weighted by atomic mass is 32.2. The molecule has 0 fully saturated rings. The monoisotopic (exact) mass is 409 g/mol. The maximum atomic E-state index is 12.3. The van der Waals surface area contributed by atoms with Gasteiger partial charge < -0.3 is 15.5 Å². The number of amides is 2. The number of benzene rings is 2. The first-order valence-electron chi connectivity index (χ1n) is 9.93. The molecule has 6 heteroatoms. The van der Waals surface area contributed by atoms with Crippen LogP contribution in [0.4, 0.5) is 5.69 Å². The van der Waals surface area contributed by atoms with Gasteiger partial charge in [-0.05, 0) is 55.9 Å². The van der Waals surface area contributed by atoms with Crippen molar-refractivity contribution in [2.75, 3.05) is 32.0 Å². The van der Waals surface area contributed by atoms with Crippen LogP contribution in [0.3, 0.4) is 0 Å². The van der Waals surface area contributed by atoms with Crippen LogP contribution in [-0.2, 0) is 4.79 Å². The van der Waals surface area contributed by atoms with E-state index in [-0.39, 0.29) is 11.8 Å². The largest absolute Gasteiger partial charge is 0.351 e. The molecule has 0 unspecified atom stereocenters. The van der Waals surface area contributed by atoms with E-state index in [4.69, 9.17) is 0 Å². The number of anilines is 1. The second kappa shape index (κ2) is 10.3. The van der Waals surface area contributed by atoms with Crippen molar-refractivity contribution in [1.29, 1.82) is 0 Å². The molecular weight excluding hydrogens is 382 g/mol. The van der Waals surface area contributed by atoms with Crippen molar-refractivity contribution < 1.29 is 9.59 Å². The third kappa shape index (κ3) is 5.95. The second-order valence-electron chi connectivity index (χ2n) is 7.10. The van der Waals surface area contributed by atoms with Crippen molar-refractivity contribution in [3.05, 3.63) is 64.6 Å². The zero-order valence-corrected chi connectivity index (χ0v) is 17.7. The fourth-order valence-corrected chi connectivity index (χ4v) is 3.94. The number of thioether (sulfide) groups is 1. The lowest BCUT2D eigenvalue weighted by atomic mass is 10.1. The van der Waals surface area contributed by atoms with Crippen LogP contribution in [-0.4, -0.2) is 43.4 Å². The van der Waals surface area contributed by atoms with Gasteiger partial charge in [-0.2, -0.15) is 0 Å². The molecule has 0 spiro atoms. The number of hydrogen-bond acceptors (Lipinski definition) is 4. The molecule has 2 aromatic carbocycles. The average molecular weight is 410 g/mol. The SMILES string of the molecule is CCCCN(C)CCNC(=O)c1ccc(/C=C2/Sc3ccccc3NC2=O)cc1. The number of likely N-dealkylation sites (N-methyl/N-ethyl adjacent to an activating group) is 1. The lowest BCUT2D eigenvalue weighted by Crippen LogP contribution is -2.33. The smallest absolute Gasteiger partial charge is 0.262 e. The molecule has 152 valence electrons. The first-order valence-corrected chi connectivity index (χ1v) is 10.7. The van der Waals surface area contributed by atoms with Crippen molar-refractivity contribution in [2.24, 2.45) is 0 Å². The minimum absolute atomic E-state index is 0.0770. The van der Waals surface area contributed by atoms with Gasteiger partial charge in [0.2, 0.25) is 0 Å². The molecule has 0 aliphatic carbocycles. The summed E-state index contributed by atoms with van der Waals surface area (Å²) < 4.78 is 0. The molecule has 2 amide bonds. The Morgan fingerprint density at radius 2 is 1.90 bits per heavy atom. The molecule has 0 radical (unpaired) electrons. The Hall–Kier alpha value is -2.57. The highest BCUT2D eigenvalue weighted by molar-refractivity contribution is 8.04. The van der Waals surface area contributed by atoms with Gasteiger partial charge in [-0.15, -0.1) is 0 Å². The van der Waals surface area contributed by atoms with E-state index in [1.807, 2.05) is 42.5 Å². The van der Waals surface area contributed by atoms with Gasteiger partial charge in [0.05, 0.1) is 10.6 Å². The fourth-order valence-electron chi connectivity index (χ4n) is 2.99. The highest BCUT2D eigenvalue weighted by Crippen LogP contribution is 2.38. The molecule has 1 heterocycles. The van der Waals surface area contributed by atoms with E-state index in [1.54, 1.807) is 12.1 Å². The first kappa shape index (κ1) is 21.1. The predicted molar refractivity (Wildman–Crippen MR) is 120 cm³/mol. The summed E-state index contributed by atoms with van der Waals surface area (Å²) in [6, 6.07) is 15.1. The number of rotatable bonds is 8. The number of hydrogen-bond donors (Lipinski definition) is 2. The summed E-state index contributed by atoms with van der Waals surface area (Å²) >= 11 is 1.45. The third-order valence-corrected chi connectivity index (χ3v) is 5.82. The van der Waals surface area contributed by atoms with Gasteiger partial charge in [0.25, 0.3) is 11.8 Å². The molecular formula is C23H27N3O2S. The highest BCUT2D eigenvalue weighted by Gasteiger charge is 2.20. The van der Waals surface area contributed by atoms with E-state index in [2.05, 4.69) is 29.5 Å². The van der Waals surface area contributed by atoms with Gasteiger partial charge in [-0.25, -0.2) is 0 Å². The maximum Gasteiger partial charge on any atom is 0.262 e. The minimum atomic E-state index is -0.109. The van der Waals surface area contributed by atoms with Gasteiger partial charge in [0.1, 0.15) is 0 Å². The summed E-state index contributed by atoms with van der Waals surface area (Å²) in [6.45, 7) is 4.68. The average Bonchev–Trinajstić information content (AvgIpc) is 2.73. The van der Waals surface area contributed by atoms with Gasteiger partial charge in [0, 0.05) is 23.5 Å². The Balaban J connectivity index is 1.57. The van der Waals surface area contributed by atoms with E-state index < -0.39 is 0 Å². The normalized spacial score (nSPS) is 14.6. The van der Waals surface area contributed by atoms with Crippen molar-refractivity contribution in [3.8, 4) is 0 Å². The summed E-state index contributed by atoms with van der Waals surface area (Å²) in [7, 11) is 2.07. The van der Waals surface area contributed by atoms with Gasteiger partial charge in [0.15, 0.2) is 0 Å². The molecule has 5 nitrogen and oxygen atoms in total. The molecule has 2 N–H and O–H groups in total. The van der Waals surface area contributed by atoms with E-state index in [1.165, 1.54) is 24.6 Å². The molecule has 0 saturated carbocycles. The van der Waals surface area contributed by atoms with Crippen LogP contribution in [0.15, 0.2) is 58.3 Å². The van der Waals surface area contributed by atoms with Gasteiger partial charge in [-0.3, -0.25) is 9.59 Å². The van der Waals surface area contributed by atoms with Crippen LogP contribution in [0.25, 0.3) is 6.08 Å². The zero-order valence-electron chi connectivity index (χ0n) is 16.9. The number of nitrogens with one attached hydrogen (secondary N) is 2. The Bertz CT molecular complexity index is 893. The summed E-state index contributed by atoms with van der Waals surface area (Å²) in [6.07, 6.45) is 4.19. The molecule has 1 aliphatic rings. The Kier molecular flexibility index (Phi) is 7.49. The van der Waals surface area contributed by atoms with Crippen molar-refractivity contribution in [2.45, 2.75) is 24.7 Å². The van der Waals surface area contributed by atoms with Crippen LogP contribution in [0.2, 0.25) is 0 Å². The first-order chi connectivity index (χ1) is 14.1. The molecule has 0 atom stereocenters. The number of carbonyl (C=O) groups is 2. The second-order valence-corrected chi connectivity index (χ2v) is 8.18. The summed E-state index contributed by atoms with van der Waals surface area (Å²) in [4.78, 5) is 28.5. The van der Waals surface area contributed by atoms with Crippen molar-refractivity contribution in [1.82, 2.24) is 10.2 Å². The van der Waals surface area contributed by atoms with E-state index in [9.17, 15) is 9.59 Å². The molecule has 0 aromatic heterocycles. The number of nitrogens with zero attached hydrogens (tertiary/aromatic N) is 1. The standard InChI is InChI=1S/C23H27N3O2S/c1-3-4-14-26(2)15-13-24-22(27)18-11-9-17(10-12-18)16-21-23(28)25-19-7-5-6-8-20(19)29-21/h5-12,16H,3-4,13-15H2,1-2H3,(H,24,27)(H,25,28)/b21-16+. The quantitative estimate of drug-likeness (QED) is 0.641. The summed E-state index contributed by atoms with van der Waals surface area (Å²) in [5.41, 5.74) is 2.35. The van der Waals surface area contributed by atoms with Crippen molar-refractivity contribution in [3.63, 3.8) is 0 Å². The number of unbranched alkanes of at least 4 members (excludes halogenated alkanes) is 1. The van der Waals surface area contributed by atoms with Crippen LogP contribution in [0.5, 0.6) is 0 Å². The summed E-state index contributed by atoms with van der Waals surface area (Å²) in [5, 5.41) is 5.87. The van der Waals surface area contributed by atoms with Crippen LogP contribution in [0.1, 0.15) is 35.7 Å². The molecule has 1 aliphatic heterocycles. The van der Waals surface area contributed by atoms with Crippen molar-refractivity contribution >= 4 is 35.3 Å². The maximum absolute atomic E-state index is 12.3. The van der Waals surface area contributed by atoms with Crippen LogP contribution < -0.4 is 10.6 Å². The lowest BCUT2D eigenvalue weighted by molar-refractivity contribution is -0.112. The lowest BCUT2D eigenvalue weighted by Gasteiger charge is -2.18. The molecule has 0 saturated heterocycles. The molecule has 0 bridgehead atoms. The minimum Gasteiger partial charge on any atom is -0.351 e. The number of fused-ring (bicyclic) bond motifs is 1. The fraction of sp³-hybridized carbons (Fsp3) is 0.304. The zero-order chi connectivity index (χ0) is 20.6. The summed E-state index contributed by atoms with van der Waals surface area (Å²) in [5.74, 6) is -0.186. The Morgan fingerprint density at radius 1 is 1.14 bits per heavy atom. The predicted octanol–water partition coefficient (Wildman–Crippen LogP) is 4.23. The Labute approximate surface area is 176 Å². The number of para-hydroxylation sites is 1. The van der Waals surface area contributed by atoms with E-state index in [0.29, 0.717) is 17.0 Å². The van der Waals surface area contributed by atoms with Gasteiger partial charge in [-0.1, -0.05) is 49.4 Å². The molecule has 3 rings (SSSR count). The topological polar surface area (TPSA) is 61.4 Å². The Morgan fingerprint density at radius 3 is 2.66 bits per heavy atom. The van der Waals surface area contributed by atoms with Crippen LogP contribution in [0, 0.1) is 0 Å². The van der Waals surface area contributed by atoms with E-state index >= 15 is 0 Å². The van der Waals surface area contributed by atoms with Crippen LogP contribution >= 0.6 is 11.8 Å². The van der Waals surface area contributed by atoms with Gasteiger partial charge >= 0.3 is 0 Å². The number of carbonyl (C=O) groups excluding carboxylic acids is 2. The molecule has 29 heavy (non-hydrogen) atoms. The molecule has 2 aromatic rings. The van der Waals surface area contributed by atoms with E-state index in [0.717, 1.165) is 29.2 Å².